The van der Waals surface area contributed by atoms with Crippen molar-refractivity contribution in [3.8, 4) is 5.75 Å². The van der Waals surface area contributed by atoms with Crippen molar-refractivity contribution in [2.24, 2.45) is 0 Å². The standard InChI is InChI=1S/C20H13NO2S2/c22-16-9-4-8-15(12-16)21-19(23)18(25-20(21)24)11-14-7-3-6-13-5-1-2-10-17(13)14/h1-12,22H/b18-11+. The summed E-state index contributed by atoms with van der Waals surface area (Å²) in [7, 11) is 0. The van der Waals surface area contributed by atoms with E-state index in [4.69, 9.17) is 12.2 Å². The van der Waals surface area contributed by atoms with Gasteiger partial charge in [-0.05, 0) is 34.5 Å². The molecule has 3 aromatic rings. The van der Waals surface area contributed by atoms with E-state index in [1.807, 2.05) is 48.5 Å². The lowest BCUT2D eigenvalue weighted by Gasteiger charge is -2.14. The van der Waals surface area contributed by atoms with Crippen molar-refractivity contribution in [2.45, 2.75) is 0 Å². The first-order valence-corrected chi connectivity index (χ1v) is 8.91. The normalized spacial score (nSPS) is 16.2. The monoisotopic (exact) mass is 363 g/mol. The maximum absolute atomic E-state index is 12.8. The number of thiocarbonyl (C=S) groups is 1. The van der Waals surface area contributed by atoms with Crippen LogP contribution in [-0.2, 0) is 4.79 Å². The van der Waals surface area contributed by atoms with Crippen molar-refractivity contribution >= 4 is 56.7 Å². The van der Waals surface area contributed by atoms with Crippen LogP contribution in [0.2, 0.25) is 0 Å². The third-order valence-electron chi connectivity index (χ3n) is 3.99. The zero-order valence-electron chi connectivity index (χ0n) is 13.0. The highest BCUT2D eigenvalue weighted by molar-refractivity contribution is 8.27. The highest BCUT2D eigenvalue weighted by Crippen LogP contribution is 2.37. The number of carbonyl (C=O) groups excluding carboxylic acids is 1. The van der Waals surface area contributed by atoms with Gasteiger partial charge in [-0.15, -0.1) is 0 Å². The van der Waals surface area contributed by atoms with E-state index in [0.29, 0.717) is 14.9 Å². The summed E-state index contributed by atoms with van der Waals surface area (Å²) >= 11 is 6.65. The Balaban J connectivity index is 1.75. The number of aromatic hydroxyl groups is 1. The molecule has 0 aromatic heterocycles. The van der Waals surface area contributed by atoms with Crippen LogP contribution in [0.3, 0.4) is 0 Å². The maximum atomic E-state index is 12.8. The van der Waals surface area contributed by atoms with E-state index in [9.17, 15) is 9.90 Å². The first-order valence-electron chi connectivity index (χ1n) is 7.68. The van der Waals surface area contributed by atoms with Crippen LogP contribution in [0.25, 0.3) is 16.8 Å². The van der Waals surface area contributed by atoms with Gasteiger partial charge in [0.15, 0.2) is 4.32 Å². The Bertz CT molecular complexity index is 1040. The summed E-state index contributed by atoms with van der Waals surface area (Å²) in [6.45, 7) is 0. The molecule has 3 nitrogen and oxygen atoms in total. The predicted octanol–water partition coefficient (Wildman–Crippen LogP) is 4.95. The quantitative estimate of drug-likeness (QED) is 0.516. The van der Waals surface area contributed by atoms with E-state index >= 15 is 0 Å². The van der Waals surface area contributed by atoms with Crippen LogP contribution in [0, 0.1) is 0 Å². The Labute approximate surface area is 154 Å². The minimum Gasteiger partial charge on any atom is -0.508 e. The molecule has 1 amide bonds. The molecular formula is C20H13NO2S2. The van der Waals surface area contributed by atoms with Gasteiger partial charge in [0.05, 0.1) is 10.6 Å². The molecule has 4 rings (SSSR count). The van der Waals surface area contributed by atoms with Gasteiger partial charge in [-0.25, -0.2) is 0 Å². The molecule has 1 saturated heterocycles. The fourth-order valence-electron chi connectivity index (χ4n) is 2.84. The number of amides is 1. The highest BCUT2D eigenvalue weighted by atomic mass is 32.2. The molecule has 0 bridgehead atoms. The first-order chi connectivity index (χ1) is 12.1. The van der Waals surface area contributed by atoms with Crippen LogP contribution < -0.4 is 4.90 Å². The van der Waals surface area contributed by atoms with Gasteiger partial charge in [0.2, 0.25) is 0 Å². The molecule has 0 saturated carbocycles. The van der Waals surface area contributed by atoms with E-state index in [2.05, 4.69) is 0 Å². The van der Waals surface area contributed by atoms with Gasteiger partial charge in [0, 0.05) is 6.07 Å². The molecule has 1 heterocycles. The third-order valence-corrected chi connectivity index (χ3v) is 5.29. The molecule has 0 unspecified atom stereocenters. The smallest absolute Gasteiger partial charge is 0.270 e. The molecule has 25 heavy (non-hydrogen) atoms. The molecule has 0 spiro atoms. The van der Waals surface area contributed by atoms with Crippen molar-refractivity contribution in [2.75, 3.05) is 4.90 Å². The lowest BCUT2D eigenvalue weighted by molar-refractivity contribution is -0.113. The van der Waals surface area contributed by atoms with Crippen molar-refractivity contribution in [3.05, 3.63) is 77.2 Å². The van der Waals surface area contributed by atoms with Crippen LogP contribution in [-0.4, -0.2) is 15.3 Å². The highest BCUT2D eigenvalue weighted by Gasteiger charge is 2.33. The number of anilines is 1. The molecule has 122 valence electrons. The van der Waals surface area contributed by atoms with Gasteiger partial charge < -0.3 is 5.11 Å². The SMILES string of the molecule is O=C1/C(=C\c2cccc3ccccc23)SC(=S)N1c1cccc(O)c1. The molecule has 5 heteroatoms. The Morgan fingerprint density at radius 2 is 1.76 bits per heavy atom. The first kappa shape index (κ1) is 15.9. The summed E-state index contributed by atoms with van der Waals surface area (Å²) in [6.07, 6.45) is 1.88. The summed E-state index contributed by atoms with van der Waals surface area (Å²) < 4.78 is 0.460. The van der Waals surface area contributed by atoms with Crippen molar-refractivity contribution in [1.29, 1.82) is 0 Å². The topological polar surface area (TPSA) is 40.5 Å². The largest absolute Gasteiger partial charge is 0.508 e. The van der Waals surface area contributed by atoms with Crippen LogP contribution >= 0.6 is 24.0 Å². The van der Waals surface area contributed by atoms with Crippen molar-refractivity contribution in [3.63, 3.8) is 0 Å². The summed E-state index contributed by atoms with van der Waals surface area (Å²) in [6, 6.07) is 20.6. The van der Waals surface area contributed by atoms with E-state index < -0.39 is 0 Å². The molecule has 3 aromatic carbocycles. The second-order valence-corrected chi connectivity index (χ2v) is 7.28. The maximum Gasteiger partial charge on any atom is 0.270 e. The van der Waals surface area contributed by atoms with Crippen LogP contribution in [0.5, 0.6) is 5.75 Å². The van der Waals surface area contributed by atoms with Crippen LogP contribution in [0.1, 0.15) is 5.56 Å². The number of fused-ring (bicyclic) bond motifs is 1. The number of hydrogen-bond acceptors (Lipinski definition) is 4. The Hall–Kier alpha value is -2.63. The van der Waals surface area contributed by atoms with Gasteiger partial charge in [-0.2, -0.15) is 0 Å². The molecule has 1 fully saturated rings. The molecule has 0 radical (unpaired) electrons. The number of benzene rings is 3. The summed E-state index contributed by atoms with van der Waals surface area (Å²) in [4.78, 5) is 14.9. The van der Waals surface area contributed by atoms with Crippen LogP contribution in [0.4, 0.5) is 5.69 Å². The van der Waals surface area contributed by atoms with Gasteiger partial charge in [-0.1, -0.05) is 72.5 Å². The lowest BCUT2D eigenvalue weighted by Crippen LogP contribution is -2.27. The van der Waals surface area contributed by atoms with Crippen LogP contribution in [0.15, 0.2) is 71.6 Å². The van der Waals surface area contributed by atoms with Crippen molar-refractivity contribution in [1.82, 2.24) is 0 Å². The molecular weight excluding hydrogens is 350 g/mol. The molecule has 1 N–H and O–H groups in total. The summed E-state index contributed by atoms with van der Waals surface area (Å²) in [5, 5.41) is 11.9. The number of rotatable bonds is 2. The zero-order valence-corrected chi connectivity index (χ0v) is 14.7. The lowest BCUT2D eigenvalue weighted by atomic mass is 10.0. The Kier molecular flexibility index (Phi) is 4.03. The molecule has 1 aliphatic heterocycles. The average molecular weight is 363 g/mol. The fourth-order valence-corrected chi connectivity index (χ4v) is 4.13. The molecule has 1 aliphatic rings. The summed E-state index contributed by atoms with van der Waals surface area (Å²) in [5.74, 6) is -0.0712. The number of carbonyl (C=O) groups is 1. The van der Waals surface area contributed by atoms with Gasteiger partial charge in [0.25, 0.3) is 5.91 Å². The van der Waals surface area contributed by atoms with E-state index in [0.717, 1.165) is 16.3 Å². The minimum atomic E-state index is -0.173. The minimum absolute atomic E-state index is 0.101. The number of thioether (sulfide) groups is 1. The van der Waals surface area contributed by atoms with Crippen molar-refractivity contribution < 1.29 is 9.90 Å². The summed E-state index contributed by atoms with van der Waals surface area (Å²) in [5.41, 5.74) is 1.55. The van der Waals surface area contributed by atoms with Gasteiger partial charge in [0.1, 0.15) is 5.75 Å². The Morgan fingerprint density at radius 3 is 2.60 bits per heavy atom. The average Bonchev–Trinajstić information content (AvgIpc) is 2.89. The number of phenols is 1. The van der Waals surface area contributed by atoms with E-state index in [1.165, 1.54) is 22.7 Å². The third kappa shape index (κ3) is 2.92. The molecule has 0 aliphatic carbocycles. The van der Waals surface area contributed by atoms with E-state index in [1.54, 1.807) is 18.2 Å². The molecule has 0 atom stereocenters. The zero-order chi connectivity index (χ0) is 17.4. The second kappa shape index (κ2) is 6.35. The number of nitrogens with zero attached hydrogens (tertiary/aromatic N) is 1. The predicted molar refractivity (Wildman–Crippen MR) is 108 cm³/mol. The van der Waals surface area contributed by atoms with Gasteiger partial charge in [-0.3, -0.25) is 9.69 Å². The van der Waals surface area contributed by atoms with Gasteiger partial charge >= 0.3 is 0 Å². The number of hydrogen-bond donors (Lipinski definition) is 1. The Morgan fingerprint density at radius 1 is 1.00 bits per heavy atom. The number of phenolic OH excluding ortho intramolecular Hbond substituents is 1. The van der Waals surface area contributed by atoms with E-state index in [-0.39, 0.29) is 11.7 Å². The fraction of sp³-hybridized carbons (Fsp3) is 0. The second-order valence-electron chi connectivity index (χ2n) is 5.61.